The van der Waals surface area contributed by atoms with Crippen molar-refractivity contribution >= 4 is 21.4 Å². The van der Waals surface area contributed by atoms with Crippen molar-refractivity contribution in [3.8, 4) is 10.6 Å². The molecule has 26 heavy (non-hydrogen) atoms. The molecule has 1 saturated heterocycles. The lowest BCUT2D eigenvalue weighted by Gasteiger charge is -2.03. The van der Waals surface area contributed by atoms with E-state index < -0.39 is 10.0 Å². The molecule has 1 atom stereocenters. The Morgan fingerprint density at radius 1 is 1.38 bits per heavy atom. The van der Waals surface area contributed by atoms with Crippen LogP contribution >= 0.6 is 11.3 Å². The van der Waals surface area contributed by atoms with Crippen LogP contribution in [0.15, 0.2) is 32.3 Å². The van der Waals surface area contributed by atoms with Gasteiger partial charge in [-0.2, -0.15) is 4.98 Å². The lowest BCUT2D eigenvalue weighted by molar-refractivity contribution is 0.0835. The Morgan fingerprint density at radius 2 is 2.27 bits per heavy atom. The molecular weight excluding hydrogens is 380 g/mol. The Kier molecular flexibility index (Phi) is 4.61. The van der Waals surface area contributed by atoms with Gasteiger partial charge >= 0.3 is 0 Å². The first-order valence-electron chi connectivity index (χ1n) is 7.98. The van der Waals surface area contributed by atoms with Gasteiger partial charge in [0.15, 0.2) is 11.6 Å². The number of aromatic nitrogens is 3. The smallest absolute Gasteiger partial charge is 0.255 e. The maximum absolute atomic E-state index is 12.6. The highest BCUT2D eigenvalue weighted by molar-refractivity contribution is 7.89. The molecule has 0 aliphatic carbocycles. The fourth-order valence-electron chi connectivity index (χ4n) is 2.68. The van der Waals surface area contributed by atoms with Crippen LogP contribution < -0.4 is 4.72 Å². The van der Waals surface area contributed by atoms with Crippen molar-refractivity contribution in [2.45, 2.75) is 37.3 Å². The van der Waals surface area contributed by atoms with E-state index in [1.165, 1.54) is 17.5 Å². The zero-order valence-electron chi connectivity index (χ0n) is 13.8. The molecule has 0 aromatic carbocycles. The fourth-order valence-corrected chi connectivity index (χ4v) is 5.20. The van der Waals surface area contributed by atoms with Gasteiger partial charge in [0.05, 0.1) is 22.5 Å². The SMILES string of the molecule is Cc1sc(-c2ccno2)cc1S(=O)(=O)NCc1noc(C2CCCO2)n1. The Bertz CT molecular complexity index is 987. The predicted molar refractivity (Wildman–Crippen MR) is 90.8 cm³/mol. The van der Waals surface area contributed by atoms with E-state index >= 15 is 0 Å². The largest absolute Gasteiger partial charge is 0.368 e. The van der Waals surface area contributed by atoms with Crippen LogP contribution in [-0.4, -0.2) is 30.3 Å². The molecule has 4 rings (SSSR count). The number of nitrogens with zero attached hydrogens (tertiary/aromatic N) is 3. The van der Waals surface area contributed by atoms with Gasteiger partial charge in [-0.1, -0.05) is 10.3 Å². The first kappa shape index (κ1) is 17.3. The molecule has 0 bridgehead atoms. The molecule has 0 spiro atoms. The summed E-state index contributed by atoms with van der Waals surface area (Å²) in [5.74, 6) is 1.18. The second-order valence-electron chi connectivity index (χ2n) is 5.78. The third-order valence-electron chi connectivity index (χ3n) is 3.95. The van der Waals surface area contributed by atoms with E-state index in [1.54, 1.807) is 19.1 Å². The summed E-state index contributed by atoms with van der Waals surface area (Å²) in [6, 6.07) is 3.25. The third kappa shape index (κ3) is 3.43. The molecular formula is C15H16N4O5S2. The number of ether oxygens (including phenoxy) is 1. The van der Waals surface area contributed by atoms with Gasteiger partial charge in [-0.05, 0) is 25.8 Å². The molecule has 0 amide bonds. The van der Waals surface area contributed by atoms with Crippen molar-refractivity contribution in [3.63, 3.8) is 0 Å². The Balaban J connectivity index is 1.47. The first-order chi connectivity index (χ1) is 12.5. The number of rotatable bonds is 6. The van der Waals surface area contributed by atoms with Crippen LogP contribution in [0.5, 0.6) is 0 Å². The normalized spacial score (nSPS) is 17.8. The summed E-state index contributed by atoms with van der Waals surface area (Å²) < 4.78 is 43.4. The summed E-state index contributed by atoms with van der Waals surface area (Å²) in [4.78, 5) is 5.74. The van der Waals surface area contributed by atoms with Crippen LogP contribution in [0.1, 0.15) is 35.5 Å². The van der Waals surface area contributed by atoms with E-state index in [-0.39, 0.29) is 23.4 Å². The van der Waals surface area contributed by atoms with Crippen molar-refractivity contribution in [1.82, 2.24) is 20.0 Å². The lowest BCUT2D eigenvalue weighted by Crippen LogP contribution is -2.24. The molecule has 3 aromatic rings. The molecule has 1 aliphatic heterocycles. The van der Waals surface area contributed by atoms with Crippen molar-refractivity contribution in [3.05, 3.63) is 34.9 Å². The van der Waals surface area contributed by atoms with Crippen molar-refractivity contribution in [1.29, 1.82) is 0 Å². The zero-order chi connectivity index (χ0) is 18.1. The molecule has 0 radical (unpaired) electrons. The quantitative estimate of drug-likeness (QED) is 0.674. The van der Waals surface area contributed by atoms with Crippen molar-refractivity contribution in [2.24, 2.45) is 0 Å². The maximum Gasteiger partial charge on any atom is 0.255 e. The monoisotopic (exact) mass is 396 g/mol. The van der Waals surface area contributed by atoms with Gasteiger partial charge in [0, 0.05) is 17.6 Å². The third-order valence-corrected chi connectivity index (χ3v) is 6.67. The highest BCUT2D eigenvalue weighted by Gasteiger charge is 2.25. The summed E-state index contributed by atoms with van der Waals surface area (Å²) in [6.07, 6.45) is 3.08. The van der Waals surface area contributed by atoms with Crippen LogP contribution in [-0.2, 0) is 21.3 Å². The number of hydrogen-bond acceptors (Lipinski definition) is 9. The van der Waals surface area contributed by atoms with Crippen LogP contribution in [0.2, 0.25) is 0 Å². The van der Waals surface area contributed by atoms with Gasteiger partial charge in [-0.3, -0.25) is 0 Å². The van der Waals surface area contributed by atoms with Crippen molar-refractivity contribution < 1.29 is 22.2 Å². The molecule has 1 aliphatic rings. The summed E-state index contributed by atoms with van der Waals surface area (Å²) in [6.45, 7) is 2.34. The molecule has 3 aromatic heterocycles. The molecule has 1 unspecified atom stereocenters. The Morgan fingerprint density at radius 3 is 3.00 bits per heavy atom. The second kappa shape index (κ2) is 6.91. The van der Waals surface area contributed by atoms with Crippen molar-refractivity contribution in [2.75, 3.05) is 6.61 Å². The molecule has 0 saturated carbocycles. The van der Waals surface area contributed by atoms with E-state index in [1.807, 2.05) is 0 Å². The van der Waals surface area contributed by atoms with Crippen LogP contribution in [0, 0.1) is 6.92 Å². The van der Waals surface area contributed by atoms with E-state index in [0.29, 0.717) is 28.0 Å². The molecule has 138 valence electrons. The summed E-state index contributed by atoms with van der Waals surface area (Å²) in [5, 5.41) is 7.45. The molecule has 1 N–H and O–H groups in total. The highest BCUT2D eigenvalue weighted by atomic mass is 32.2. The van der Waals surface area contributed by atoms with E-state index in [4.69, 9.17) is 13.8 Å². The van der Waals surface area contributed by atoms with Gasteiger partial charge < -0.3 is 13.8 Å². The molecule has 11 heteroatoms. The second-order valence-corrected chi connectivity index (χ2v) is 8.77. The molecule has 4 heterocycles. The summed E-state index contributed by atoms with van der Waals surface area (Å²) >= 11 is 1.32. The Hall–Kier alpha value is -2.08. The predicted octanol–water partition coefficient (Wildman–Crippen LogP) is 2.42. The van der Waals surface area contributed by atoms with E-state index in [2.05, 4.69) is 20.0 Å². The van der Waals surface area contributed by atoms with Crippen LogP contribution in [0.3, 0.4) is 0 Å². The van der Waals surface area contributed by atoms with E-state index in [9.17, 15) is 8.42 Å². The van der Waals surface area contributed by atoms with Crippen LogP contribution in [0.25, 0.3) is 10.6 Å². The summed E-state index contributed by atoms with van der Waals surface area (Å²) in [7, 11) is -3.72. The first-order valence-corrected chi connectivity index (χ1v) is 10.3. The number of hydrogen-bond donors (Lipinski definition) is 1. The van der Waals surface area contributed by atoms with Gasteiger partial charge in [0.1, 0.15) is 6.10 Å². The zero-order valence-corrected chi connectivity index (χ0v) is 15.5. The van der Waals surface area contributed by atoms with Crippen LogP contribution in [0.4, 0.5) is 0 Å². The minimum atomic E-state index is -3.72. The highest BCUT2D eigenvalue weighted by Crippen LogP contribution is 2.33. The Labute approximate surface area is 153 Å². The molecule has 1 fully saturated rings. The topological polar surface area (TPSA) is 120 Å². The summed E-state index contributed by atoms with van der Waals surface area (Å²) in [5.41, 5.74) is 0. The number of aryl methyl sites for hydroxylation is 1. The number of thiophene rings is 1. The average molecular weight is 396 g/mol. The minimum absolute atomic E-state index is 0.0640. The number of sulfonamides is 1. The average Bonchev–Trinajstić information content (AvgIpc) is 3.38. The standard InChI is InChI=1S/C15H16N4O5S2/c1-9-13(7-12(25-9)10-4-5-16-23-10)26(20,21)17-8-14-18-15(24-19-14)11-3-2-6-22-11/h4-5,7,11,17H,2-3,6,8H2,1H3. The van der Waals surface area contributed by atoms with Gasteiger partial charge in [-0.15, -0.1) is 11.3 Å². The van der Waals surface area contributed by atoms with Gasteiger partial charge in [0.25, 0.3) is 5.89 Å². The van der Waals surface area contributed by atoms with Gasteiger partial charge in [-0.25, -0.2) is 13.1 Å². The minimum Gasteiger partial charge on any atom is -0.368 e. The van der Waals surface area contributed by atoms with E-state index in [0.717, 1.165) is 12.8 Å². The lowest BCUT2D eigenvalue weighted by atomic mass is 10.2. The molecule has 9 nitrogen and oxygen atoms in total. The number of nitrogens with one attached hydrogen (secondary N) is 1. The fraction of sp³-hybridized carbons (Fsp3) is 0.400. The maximum atomic E-state index is 12.6. The van der Waals surface area contributed by atoms with Gasteiger partial charge in [0.2, 0.25) is 10.0 Å².